The van der Waals surface area contributed by atoms with Gasteiger partial charge >= 0.3 is 0 Å². The normalized spacial score (nSPS) is 28.0. The molecule has 0 aliphatic carbocycles. The number of hydrogen-bond acceptors (Lipinski definition) is 5. The molecule has 4 rings (SSSR count). The Morgan fingerprint density at radius 2 is 2.04 bits per heavy atom. The summed E-state index contributed by atoms with van der Waals surface area (Å²) in [5, 5.41) is 1.85. The van der Waals surface area contributed by atoms with Crippen molar-refractivity contribution in [1.29, 1.82) is 0 Å². The molecule has 0 unspecified atom stereocenters. The molecular formula is C18H19N3O4S. The summed E-state index contributed by atoms with van der Waals surface area (Å²) in [6.45, 7) is 1.60. The number of piperazine rings is 2. The first kappa shape index (κ1) is 17.1. The fraction of sp³-hybridized carbons (Fsp3) is 0.500. The van der Waals surface area contributed by atoms with Crippen molar-refractivity contribution in [2.45, 2.75) is 24.6 Å². The van der Waals surface area contributed by atoms with Crippen molar-refractivity contribution < 1.29 is 19.1 Å². The summed E-state index contributed by atoms with van der Waals surface area (Å²) in [7, 11) is 0. The fourth-order valence-corrected chi connectivity index (χ4v) is 4.63. The molecule has 1 aromatic rings. The van der Waals surface area contributed by atoms with E-state index in [1.54, 1.807) is 20.8 Å². The molecule has 0 radical (unpaired) electrons. The summed E-state index contributed by atoms with van der Waals surface area (Å²) >= 11 is 1.38. The highest BCUT2D eigenvalue weighted by Gasteiger charge is 2.52. The maximum atomic E-state index is 13.0. The highest BCUT2D eigenvalue weighted by Crippen LogP contribution is 2.30. The van der Waals surface area contributed by atoms with E-state index >= 15 is 0 Å². The van der Waals surface area contributed by atoms with Crippen LogP contribution in [0.5, 0.6) is 0 Å². The summed E-state index contributed by atoms with van der Waals surface area (Å²) in [6, 6.07) is 2.52. The molecule has 0 saturated carbocycles. The van der Waals surface area contributed by atoms with Crippen LogP contribution in [0.4, 0.5) is 0 Å². The van der Waals surface area contributed by atoms with Crippen LogP contribution in [0.15, 0.2) is 17.5 Å². The van der Waals surface area contributed by atoms with Gasteiger partial charge in [-0.05, 0) is 11.4 Å². The minimum absolute atomic E-state index is 0.0513. The molecule has 0 aromatic carbocycles. The van der Waals surface area contributed by atoms with Gasteiger partial charge in [-0.15, -0.1) is 17.8 Å². The van der Waals surface area contributed by atoms with Crippen LogP contribution < -0.4 is 0 Å². The van der Waals surface area contributed by atoms with Gasteiger partial charge in [0, 0.05) is 26.1 Å². The molecule has 136 valence electrons. The van der Waals surface area contributed by atoms with Crippen molar-refractivity contribution in [2.24, 2.45) is 0 Å². The van der Waals surface area contributed by atoms with Crippen molar-refractivity contribution in [3.8, 4) is 12.3 Å². The molecule has 3 amide bonds. The number of fused-ring (bicyclic) bond motifs is 2. The minimum Gasteiger partial charge on any atom is -0.364 e. The van der Waals surface area contributed by atoms with Crippen molar-refractivity contribution in [2.75, 3.05) is 32.8 Å². The van der Waals surface area contributed by atoms with Crippen molar-refractivity contribution in [1.82, 2.24) is 14.7 Å². The SMILES string of the molecule is C#CCO[C@H]1C[C@@H]2C(=O)N3CCN(C(=O)c4cccs4)C[C@H]3C(=O)N2C1. The smallest absolute Gasteiger partial charge is 0.264 e. The van der Waals surface area contributed by atoms with Crippen LogP contribution in [0, 0.1) is 12.3 Å². The fourth-order valence-electron chi connectivity index (χ4n) is 3.94. The van der Waals surface area contributed by atoms with Gasteiger partial charge in [0.2, 0.25) is 11.8 Å². The van der Waals surface area contributed by atoms with Gasteiger partial charge in [-0.1, -0.05) is 12.0 Å². The molecule has 4 heterocycles. The highest BCUT2D eigenvalue weighted by atomic mass is 32.1. The number of rotatable bonds is 3. The Kier molecular flexibility index (Phi) is 4.42. The molecule has 8 heteroatoms. The van der Waals surface area contributed by atoms with Crippen LogP contribution in [0.1, 0.15) is 16.1 Å². The number of terminal acetylenes is 1. The van der Waals surface area contributed by atoms with Crippen LogP contribution in [0.3, 0.4) is 0 Å². The average molecular weight is 373 g/mol. The maximum Gasteiger partial charge on any atom is 0.264 e. The Hall–Kier alpha value is -2.37. The van der Waals surface area contributed by atoms with E-state index < -0.39 is 12.1 Å². The van der Waals surface area contributed by atoms with Crippen molar-refractivity contribution in [3.05, 3.63) is 22.4 Å². The lowest BCUT2D eigenvalue weighted by Gasteiger charge is -2.47. The van der Waals surface area contributed by atoms with Gasteiger partial charge in [0.05, 0.1) is 17.5 Å². The van der Waals surface area contributed by atoms with E-state index in [1.165, 1.54) is 11.3 Å². The van der Waals surface area contributed by atoms with Crippen LogP contribution in [-0.4, -0.2) is 83.4 Å². The van der Waals surface area contributed by atoms with E-state index in [4.69, 9.17) is 11.2 Å². The zero-order valence-corrected chi connectivity index (χ0v) is 15.0. The van der Waals surface area contributed by atoms with Crippen molar-refractivity contribution in [3.63, 3.8) is 0 Å². The minimum atomic E-state index is -0.609. The molecule has 1 aromatic heterocycles. The topological polar surface area (TPSA) is 70.2 Å². The Morgan fingerprint density at radius 3 is 2.77 bits per heavy atom. The molecular weight excluding hydrogens is 354 g/mol. The Morgan fingerprint density at radius 1 is 1.23 bits per heavy atom. The van der Waals surface area contributed by atoms with E-state index in [9.17, 15) is 14.4 Å². The zero-order chi connectivity index (χ0) is 18.3. The van der Waals surface area contributed by atoms with Crippen molar-refractivity contribution >= 4 is 29.1 Å². The molecule has 3 aliphatic rings. The lowest BCUT2D eigenvalue weighted by molar-refractivity contribution is -0.162. The summed E-state index contributed by atoms with van der Waals surface area (Å²) in [4.78, 5) is 43.9. The number of carbonyl (C=O) groups is 3. The van der Waals surface area contributed by atoms with Gasteiger partial charge in [0.25, 0.3) is 5.91 Å². The number of ether oxygens (including phenoxy) is 1. The first-order chi connectivity index (χ1) is 12.6. The molecule has 3 atom stereocenters. The van der Waals surface area contributed by atoms with E-state index in [0.717, 1.165) is 0 Å². The zero-order valence-electron chi connectivity index (χ0n) is 14.2. The molecule has 7 nitrogen and oxygen atoms in total. The largest absolute Gasteiger partial charge is 0.364 e. The second-order valence-electron chi connectivity index (χ2n) is 6.66. The van der Waals surface area contributed by atoms with Gasteiger partial charge in [0.1, 0.15) is 18.7 Å². The standard InChI is InChI=1S/C18H19N3O4S/c1-2-7-25-12-9-13-16(22)20-6-5-19(18(24)15-4-3-8-26-15)11-14(20)17(23)21(13)10-12/h1,3-4,8,12-14H,5-7,9-11H2/t12-,13+,14-/m0/s1. The van der Waals surface area contributed by atoms with Gasteiger partial charge in [-0.2, -0.15) is 0 Å². The third-order valence-corrected chi connectivity index (χ3v) is 6.06. The first-order valence-corrected chi connectivity index (χ1v) is 9.47. The monoisotopic (exact) mass is 373 g/mol. The predicted octanol–water partition coefficient (Wildman–Crippen LogP) is 0.0340. The summed E-state index contributed by atoms with van der Waals surface area (Å²) in [5.74, 6) is 2.17. The predicted molar refractivity (Wildman–Crippen MR) is 94.4 cm³/mol. The molecule has 3 aliphatic heterocycles. The number of hydrogen-bond donors (Lipinski definition) is 0. The molecule has 0 spiro atoms. The molecule has 0 N–H and O–H groups in total. The number of carbonyl (C=O) groups excluding carboxylic acids is 3. The number of nitrogens with zero attached hydrogens (tertiary/aromatic N) is 3. The van der Waals surface area contributed by atoms with Gasteiger partial charge < -0.3 is 19.4 Å². The first-order valence-electron chi connectivity index (χ1n) is 8.59. The van der Waals surface area contributed by atoms with E-state index in [-0.39, 0.29) is 37.0 Å². The molecule has 3 saturated heterocycles. The van der Waals surface area contributed by atoms with Gasteiger partial charge in [0.15, 0.2) is 0 Å². The lowest BCUT2D eigenvalue weighted by atomic mass is 10.0. The summed E-state index contributed by atoms with van der Waals surface area (Å²) in [5.41, 5.74) is 0. The number of thiophene rings is 1. The third-order valence-electron chi connectivity index (χ3n) is 5.20. The van der Waals surface area contributed by atoms with E-state index in [1.807, 2.05) is 11.4 Å². The van der Waals surface area contributed by atoms with E-state index in [2.05, 4.69) is 5.92 Å². The van der Waals surface area contributed by atoms with Crippen LogP contribution >= 0.6 is 11.3 Å². The quantitative estimate of drug-likeness (QED) is 0.702. The van der Waals surface area contributed by atoms with Crippen LogP contribution in [-0.2, 0) is 14.3 Å². The third kappa shape index (κ3) is 2.77. The van der Waals surface area contributed by atoms with Gasteiger partial charge in [-0.25, -0.2) is 0 Å². The highest BCUT2D eigenvalue weighted by molar-refractivity contribution is 7.12. The summed E-state index contributed by atoms with van der Waals surface area (Å²) in [6.07, 6.45) is 5.49. The molecule has 0 bridgehead atoms. The average Bonchev–Trinajstić information content (AvgIpc) is 3.33. The lowest BCUT2D eigenvalue weighted by Crippen LogP contribution is -2.69. The molecule has 26 heavy (non-hydrogen) atoms. The van der Waals surface area contributed by atoms with Crippen LogP contribution in [0.2, 0.25) is 0 Å². The second kappa shape index (κ2) is 6.74. The molecule has 3 fully saturated rings. The number of amides is 3. The summed E-state index contributed by atoms with van der Waals surface area (Å²) < 4.78 is 5.54. The van der Waals surface area contributed by atoms with E-state index in [0.29, 0.717) is 30.9 Å². The Balaban J connectivity index is 1.49. The Labute approximate surface area is 155 Å². The van der Waals surface area contributed by atoms with Gasteiger partial charge in [-0.3, -0.25) is 14.4 Å². The maximum absolute atomic E-state index is 13.0. The second-order valence-corrected chi connectivity index (χ2v) is 7.60. The Bertz CT molecular complexity index is 772. The van der Waals surface area contributed by atoms with Crippen LogP contribution in [0.25, 0.3) is 0 Å².